The normalized spacial score (nSPS) is 20.8. The van der Waals surface area contributed by atoms with Crippen molar-refractivity contribution in [2.75, 3.05) is 32.7 Å². The summed E-state index contributed by atoms with van der Waals surface area (Å²) in [4.78, 5) is 5.67. The van der Waals surface area contributed by atoms with Crippen molar-refractivity contribution in [3.8, 4) is 0 Å². The molecule has 0 radical (unpaired) electrons. The van der Waals surface area contributed by atoms with E-state index in [4.69, 9.17) is 18.0 Å². The first-order valence-electron chi connectivity index (χ1n) is 7.96. The Balaban J connectivity index is 1.98. The number of hydrogen-bond donors (Lipinski definition) is 1. The minimum atomic E-state index is 0.164. The van der Waals surface area contributed by atoms with E-state index >= 15 is 0 Å². The second-order valence-corrected chi connectivity index (χ2v) is 6.26. The van der Waals surface area contributed by atoms with E-state index in [1.165, 1.54) is 12.0 Å². The van der Waals surface area contributed by atoms with Gasteiger partial charge in [-0.3, -0.25) is 4.90 Å². The van der Waals surface area contributed by atoms with Crippen molar-refractivity contribution < 1.29 is 0 Å². The molecule has 2 atom stereocenters. The van der Waals surface area contributed by atoms with Gasteiger partial charge in [0.1, 0.15) is 0 Å². The molecule has 0 bridgehead atoms. The highest BCUT2D eigenvalue weighted by molar-refractivity contribution is 7.80. The zero-order chi connectivity index (χ0) is 15.2. The van der Waals surface area contributed by atoms with Crippen LogP contribution in [0.15, 0.2) is 30.3 Å². The van der Waals surface area contributed by atoms with Crippen molar-refractivity contribution in [1.29, 1.82) is 0 Å². The van der Waals surface area contributed by atoms with Gasteiger partial charge in [0, 0.05) is 25.0 Å². The highest BCUT2D eigenvalue weighted by Gasteiger charge is 2.28. The number of rotatable bonds is 7. The standard InChI is InChI=1S/C17H27N3S/c1-3-20(4-2)15-10-11-19(12-15)13-16(17(18)21)14-8-6-5-7-9-14/h5-9,15-16H,3-4,10-13H2,1-2H3,(H2,18,21). The van der Waals surface area contributed by atoms with Gasteiger partial charge in [0.25, 0.3) is 0 Å². The summed E-state index contributed by atoms with van der Waals surface area (Å²) in [6, 6.07) is 11.1. The Morgan fingerprint density at radius 2 is 2.00 bits per heavy atom. The molecule has 1 aliphatic rings. The summed E-state index contributed by atoms with van der Waals surface area (Å²) in [5.41, 5.74) is 7.22. The molecular formula is C17H27N3S. The smallest absolute Gasteiger partial charge is 0.0816 e. The number of likely N-dealkylation sites (tertiary alicyclic amines) is 1. The van der Waals surface area contributed by atoms with Gasteiger partial charge in [-0.1, -0.05) is 56.4 Å². The number of nitrogens with two attached hydrogens (primary N) is 1. The molecular weight excluding hydrogens is 278 g/mol. The third-order valence-corrected chi connectivity index (χ3v) is 4.85. The molecule has 1 aliphatic heterocycles. The van der Waals surface area contributed by atoms with Crippen molar-refractivity contribution in [2.24, 2.45) is 5.73 Å². The molecule has 0 spiro atoms. The van der Waals surface area contributed by atoms with E-state index in [1.54, 1.807) is 0 Å². The Bertz CT molecular complexity index is 445. The van der Waals surface area contributed by atoms with E-state index in [0.29, 0.717) is 11.0 Å². The minimum absolute atomic E-state index is 0.164. The van der Waals surface area contributed by atoms with Gasteiger partial charge in [-0.25, -0.2) is 0 Å². The number of likely N-dealkylation sites (N-methyl/N-ethyl adjacent to an activating group) is 1. The SMILES string of the molecule is CCN(CC)C1CCN(CC(C(N)=S)c2ccccc2)C1. The lowest BCUT2D eigenvalue weighted by molar-refractivity contribution is 0.210. The molecule has 1 saturated heterocycles. The number of hydrogen-bond acceptors (Lipinski definition) is 3. The maximum Gasteiger partial charge on any atom is 0.0816 e. The summed E-state index contributed by atoms with van der Waals surface area (Å²) in [5.74, 6) is 0.164. The quantitative estimate of drug-likeness (QED) is 0.785. The summed E-state index contributed by atoms with van der Waals surface area (Å²) in [5, 5.41) is 0. The van der Waals surface area contributed by atoms with Crippen LogP contribution >= 0.6 is 12.2 Å². The second-order valence-electron chi connectivity index (χ2n) is 5.79. The Morgan fingerprint density at radius 1 is 1.33 bits per heavy atom. The van der Waals surface area contributed by atoms with E-state index in [1.807, 2.05) is 6.07 Å². The molecule has 0 aromatic heterocycles. The van der Waals surface area contributed by atoms with Gasteiger partial charge in [0.05, 0.1) is 4.99 Å². The van der Waals surface area contributed by atoms with Crippen molar-refractivity contribution in [1.82, 2.24) is 9.80 Å². The van der Waals surface area contributed by atoms with Gasteiger partial charge in [0.15, 0.2) is 0 Å². The van der Waals surface area contributed by atoms with E-state index < -0.39 is 0 Å². The summed E-state index contributed by atoms with van der Waals surface area (Å²) >= 11 is 5.30. The van der Waals surface area contributed by atoms with Gasteiger partial charge < -0.3 is 10.6 Å². The van der Waals surface area contributed by atoms with Crippen LogP contribution in [0, 0.1) is 0 Å². The van der Waals surface area contributed by atoms with Crippen LogP contribution in [-0.2, 0) is 0 Å². The van der Waals surface area contributed by atoms with Gasteiger partial charge in [-0.2, -0.15) is 0 Å². The highest BCUT2D eigenvalue weighted by Crippen LogP contribution is 2.22. The fourth-order valence-electron chi connectivity index (χ4n) is 3.32. The zero-order valence-electron chi connectivity index (χ0n) is 13.2. The van der Waals surface area contributed by atoms with E-state index in [0.717, 1.165) is 32.7 Å². The van der Waals surface area contributed by atoms with Crippen LogP contribution in [0.5, 0.6) is 0 Å². The van der Waals surface area contributed by atoms with Gasteiger partial charge in [-0.15, -0.1) is 0 Å². The number of thiocarbonyl (C=S) groups is 1. The van der Waals surface area contributed by atoms with Crippen LogP contribution in [0.25, 0.3) is 0 Å². The largest absolute Gasteiger partial charge is 0.393 e. The third kappa shape index (κ3) is 4.25. The molecule has 1 aromatic carbocycles. The van der Waals surface area contributed by atoms with Crippen molar-refractivity contribution in [3.05, 3.63) is 35.9 Å². The maximum absolute atomic E-state index is 5.99. The maximum atomic E-state index is 5.99. The van der Waals surface area contributed by atoms with Gasteiger partial charge in [-0.05, 0) is 31.6 Å². The van der Waals surface area contributed by atoms with Crippen LogP contribution in [-0.4, -0.2) is 53.6 Å². The first-order chi connectivity index (χ1) is 10.2. The molecule has 0 saturated carbocycles. The Labute approximate surface area is 134 Å². The summed E-state index contributed by atoms with van der Waals surface area (Å²) in [6.07, 6.45) is 1.25. The Morgan fingerprint density at radius 3 is 2.57 bits per heavy atom. The summed E-state index contributed by atoms with van der Waals surface area (Å²) < 4.78 is 0. The molecule has 3 nitrogen and oxygen atoms in total. The molecule has 4 heteroatoms. The lowest BCUT2D eigenvalue weighted by Gasteiger charge is -2.27. The zero-order valence-corrected chi connectivity index (χ0v) is 14.0. The molecule has 0 aliphatic carbocycles. The first-order valence-corrected chi connectivity index (χ1v) is 8.37. The molecule has 2 rings (SSSR count). The third-order valence-electron chi connectivity index (χ3n) is 4.56. The van der Waals surface area contributed by atoms with E-state index in [2.05, 4.69) is 47.9 Å². The Hall–Kier alpha value is -0.970. The average Bonchev–Trinajstić information content (AvgIpc) is 2.95. The molecule has 2 unspecified atom stereocenters. The Kier molecular flexibility index (Phi) is 6.15. The monoisotopic (exact) mass is 305 g/mol. The molecule has 2 N–H and O–H groups in total. The molecule has 1 aromatic rings. The first kappa shape index (κ1) is 16.4. The number of benzene rings is 1. The molecule has 116 valence electrons. The van der Waals surface area contributed by atoms with Crippen LogP contribution in [0.4, 0.5) is 0 Å². The number of nitrogens with zero attached hydrogens (tertiary/aromatic N) is 2. The van der Waals surface area contributed by atoms with Crippen LogP contribution in [0.3, 0.4) is 0 Å². The fraction of sp³-hybridized carbons (Fsp3) is 0.588. The lowest BCUT2D eigenvalue weighted by atomic mass is 9.98. The van der Waals surface area contributed by atoms with Gasteiger partial charge in [0.2, 0.25) is 0 Å². The van der Waals surface area contributed by atoms with Crippen molar-refractivity contribution in [3.63, 3.8) is 0 Å². The van der Waals surface area contributed by atoms with Crippen LogP contribution in [0.2, 0.25) is 0 Å². The fourth-order valence-corrected chi connectivity index (χ4v) is 3.53. The van der Waals surface area contributed by atoms with Gasteiger partial charge >= 0.3 is 0 Å². The van der Waals surface area contributed by atoms with Crippen molar-refractivity contribution >= 4 is 17.2 Å². The van der Waals surface area contributed by atoms with Crippen LogP contribution < -0.4 is 5.73 Å². The molecule has 1 heterocycles. The lowest BCUT2D eigenvalue weighted by Crippen LogP contribution is -2.39. The molecule has 0 amide bonds. The van der Waals surface area contributed by atoms with E-state index in [-0.39, 0.29) is 5.92 Å². The molecule has 21 heavy (non-hydrogen) atoms. The second kappa shape index (κ2) is 7.87. The topological polar surface area (TPSA) is 32.5 Å². The predicted octanol–water partition coefficient (Wildman–Crippen LogP) is 2.47. The minimum Gasteiger partial charge on any atom is -0.393 e. The average molecular weight is 305 g/mol. The summed E-state index contributed by atoms with van der Waals surface area (Å²) in [7, 11) is 0. The highest BCUT2D eigenvalue weighted by atomic mass is 32.1. The predicted molar refractivity (Wildman–Crippen MR) is 93.7 cm³/mol. The molecule has 1 fully saturated rings. The van der Waals surface area contributed by atoms with Crippen molar-refractivity contribution in [2.45, 2.75) is 32.2 Å². The van der Waals surface area contributed by atoms with E-state index in [9.17, 15) is 0 Å². The summed E-state index contributed by atoms with van der Waals surface area (Å²) in [6.45, 7) is 9.97. The van der Waals surface area contributed by atoms with Crippen LogP contribution in [0.1, 0.15) is 31.7 Å².